The number of imidazole rings is 1. The Hall–Kier alpha value is -0.830. The van der Waals surface area contributed by atoms with E-state index in [2.05, 4.69) is 28.7 Å². The van der Waals surface area contributed by atoms with Crippen LogP contribution in [0.25, 0.3) is 0 Å². The Morgan fingerprint density at radius 3 is 3.00 bits per heavy atom. The van der Waals surface area contributed by atoms with Crippen LogP contribution in [0.3, 0.4) is 0 Å². The summed E-state index contributed by atoms with van der Waals surface area (Å²) in [5.74, 6) is 1.60. The SMILES string of the molecule is CNCc1cncn1C1CCCC(C)C1C. The molecule has 0 saturated heterocycles. The molecule has 1 aliphatic carbocycles. The van der Waals surface area contributed by atoms with E-state index in [1.165, 1.54) is 25.0 Å². The summed E-state index contributed by atoms with van der Waals surface area (Å²) in [5, 5.41) is 3.21. The first-order valence-corrected chi connectivity index (χ1v) is 6.39. The third-order valence-corrected chi connectivity index (χ3v) is 4.13. The first kappa shape index (κ1) is 11.6. The van der Waals surface area contributed by atoms with Gasteiger partial charge in [0.15, 0.2) is 0 Å². The van der Waals surface area contributed by atoms with Crippen molar-refractivity contribution in [2.45, 2.75) is 45.7 Å². The maximum absolute atomic E-state index is 4.30. The molecule has 3 unspecified atom stereocenters. The second-order valence-corrected chi connectivity index (χ2v) is 5.16. The van der Waals surface area contributed by atoms with E-state index in [0.29, 0.717) is 6.04 Å². The van der Waals surface area contributed by atoms with Gasteiger partial charge in [-0.1, -0.05) is 26.7 Å². The minimum atomic E-state index is 0.648. The molecular weight excluding hydrogens is 198 g/mol. The molecule has 3 heteroatoms. The van der Waals surface area contributed by atoms with Crippen molar-refractivity contribution in [3.05, 3.63) is 18.2 Å². The van der Waals surface area contributed by atoms with Gasteiger partial charge in [0, 0.05) is 18.8 Å². The summed E-state index contributed by atoms with van der Waals surface area (Å²) < 4.78 is 2.39. The van der Waals surface area contributed by atoms with Gasteiger partial charge in [-0.15, -0.1) is 0 Å². The number of nitrogens with one attached hydrogen (secondary N) is 1. The van der Waals surface area contributed by atoms with Gasteiger partial charge in [0.2, 0.25) is 0 Å². The molecule has 0 radical (unpaired) electrons. The highest BCUT2D eigenvalue weighted by Crippen LogP contribution is 2.37. The third kappa shape index (κ3) is 2.14. The molecule has 1 N–H and O–H groups in total. The topological polar surface area (TPSA) is 29.9 Å². The zero-order valence-electron chi connectivity index (χ0n) is 10.6. The fourth-order valence-electron chi connectivity index (χ4n) is 2.90. The highest BCUT2D eigenvalue weighted by atomic mass is 15.1. The van der Waals surface area contributed by atoms with E-state index in [9.17, 15) is 0 Å². The number of aromatic nitrogens is 2. The Morgan fingerprint density at radius 1 is 1.44 bits per heavy atom. The van der Waals surface area contributed by atoms with Crippen molar-refractivity contribution in [3.63, 3.8) is 0 Å². The Kier molecular flexibility index (Phi) is 3.64. The summed E-state index contributed by atoms with van der Waals surface area (Å²) in [6.45, 7) is 5.68. The van der Waals surface area contributed by atoms with Crippen LogP contribution in [0.2, 0.25) is 0 Å². The van der Waals surface area contributed by atoms with Gasteiger partial charge in [0.1, 0.15) is 0 Å². The van der Waals surface area contributed by atoms with E-state index in [4.69, 9.17) is 0 Å². The number of hydrogen-bond donors (Lipinski definition) is 1. The van der Waals surface area contributed by atoms with E-state index in [0.717, 1.165) is 18.4 Å². The Morgan fingerprint density at radius 2 is 2.25 bits per heavy atom. The number of rotatable bonds is 3. The molecule has 3 nitrogen and oxygen atoms in total. The summed E-state index contributed by atoms with van der Waals surface area (Å²) in [6.07, 6.45) is 8.04. The maximum atomic E-state index is 4.30. The molecular formula is C13H23N3. The van der Waals surface area contributed by atoms with E-state index in [1.807, 2.05) is 19.6 Å². The molecule has 3 atom stereocenters. The van der Waals surface area contributed by atoms with Crippen LogP contribution in [0.1, 0.15) is 44.8 Å². The van der Waals surface area contributed by atoms with E-state index in [1.54, 1.807) is 0 Å². The minimum absolute atomic E-state index is 0.648. The van der Waals surface area contributed by atoms with Gasteiger partial charge in [-0.05, 0) is 25.3 Å². The molecule has 1 saturated carbocycles. The molecule has 90 valence electrons. The third-order valence-electron chi connectivity index (χ3n) is 4.13. The Balaban J connectivity index is 2.18. The van der Waals surface area contributed by atoms with Crippen LogP contribution in [0.4, 0.5) is 0 Å². The van der Waals surface area contributed by atoms with Crippen molar-refractivity contribution >= 4 is 0 Å². The van der Waals surface area contributed by atoms with Crippen LogP contribution in [0.15, 0.2) is 12.5 Å². The summed E-state index contributed by atoms with van der Waals surface area (Å²) in [7, 11) is 1.99. The highest BCUT2D eigenvalue weighted by Gasteiger charge is 2.28. The molecule has 1 fully saturated rings. The molecule has 0 bridgehead atoms. The van der Waals surface area contributed by atoms with Gasteiger partial charge >= 0.3 is 0 Å². The van der Waals surface area contributed by atoms with Crippen molar-refractivity contribution in [1.29, 1.82) is 0 Å². The van der Waals surface area contributed by atoms with Gasteiger partial charge in [0.25, 0.3) is 0 Å². The van der Waals surface area contributed by atoms with Crippen LogP contribution in [0, 0.1) is 11.8 Å². The molecule has 0 amide bonds. The monoisotopic (exact) mass is 221 g/mol. The first-order valence-electron chi connectivity index (χ1n) is 6.39. The van der Waals surface area contributed by atoms with Crippen LogP contribution < -0.4 is 5.32 Å². The van der Waals surface area contributed by atoms with Crippen LogP contribution in [-0.4, -0.2) is 16.6 Å². The van der Waals surface area contributed by atoms with Crippen molar-refractivity contribution in [2.75, 3.05) is 7.05 Å². The maximum Gasteiger partial charge on any atom is 0.0951 e. The first-order chi connectivity index (χ1) is 7.74. The quantitative estimate of drug-likeness (QED) is 0.850. The summed E-state index contributed by atoms with van der Waals surface area (Å²) in [6, 6.07) is 0.648. The van der Waals surface area contributed by atoms with E-state index >= 15 is 0 Å². The van der Waals surface area contributed by atoms with Crippen molar-refractivity contribution in [1.82, 2.24) is 14.9 Å². The van der Waals surface area contributed by atoms with Gasteiger partial charge in [-0.3, -0.25) is 0 Å². The predicted octanol–water partition coefficient (Wildman–Crippen LogP) is 2.60. The molecule has 2 rings (SSSR count). The zero-order valence-corrected chi connectivity index (χ0v) is 10.6. The summed E-state index contributed by atoms with van der Waals surface area (Å²) in [4.78, 5) is 4.30. The van der Waals surface area contributed by atoms with E-state index < -0.39 is 0 Å². The smallest absolute Gasteiger partial charge is 0.0951 e. The molecule has 1 aliphatic rings. The minimum Gasteiger partial charge on any atom is -0.330 e. The zero-order chi connectivity index (χ0) is 11.5. The van der Waals surface area contributed by atoms with Gasteiger partial charge < -0.3 is 9.88 Å². The van der Waals surface area contributed by atoms with Crippen molar-refractivity contribution in [2.24, 2.45) is 11.8 Å². The van der Waals surface area contributed by atoms with Crippen molar-refractivity contribution < 1.29 is 0 Å². The fourth-order valence-corrected chi connectivity index (χ4v) is 2.90. The Bertz CT molecular complexity index is 332. The van der Waals surface area contributed by atoms with Crippen LogP contribution in [-0.2, 0) is 6.54 Å². The van der Waals surface area contributed by atoms with Crippen LogP contribution in [0.5, 0.6) is 0 Å². The molecule has 0 spiro atoms. The van der Waals surface area contributed by atoms with Gasteiger partial charge in [-0.2, -0.15) is 0 Å². The van der Waals surface area contributed by atoms with Gasteiger partial charge in [-0.25, -0.2) is 4.98 Å². The molecule has 16 heavy (non-hydrogen) atoms. The lowest BCUT2D eigenvalue weighted by Crippen LogP contribution is -2.28. The predicted molar refractivity (Wildman–Crippen MR) is 66.2 cm³/mol. The fraction of sp³-hybridized carbons (Fsp3) is 0.769. The molecule has 0 aromatic carbocycles. The van der Waals surface area contributed by atoms with Crippen molar-refractivity contribution in [3.8, 4) is 0 Å². The average Bonchev–Trinajstić information content (AvgIpc) is 2.71. The molecule has 1 aromatic rings. The Labute approximate surface area is 98.3 Å². The lowest BCUT2D eigenvalue weighted by Gasteiger charge is -2.35. The average molecular weight is 221 g/mol. The lowest BCUT2D eigenvalue weighted by atomic mass is 9.78. The molecule has 0 aliphatic heterocycles. The number of nitrogens with zero attached hydrogens (tertiary/aromatic N) is 2. The molecule has 1 aromatic heterocycles. The number of hydrogen-bond acceptors (Lipinski definition) is 2. The summed E-state index contributed by atoms with van der Waals surface area (Å²) >= 11 is 0. The summed E-state index contributed by atoms with van der Waals surface area (Å²) in [5.41, 5.74) is 1.31. The van der Waals surface area contributed by atoms with Crippen LogP contribution >= 0.6 is 0 Å². The standard InChI is InChI=1S/C13H23N3/c1-10-5-4-6-13(11(10)2)16-9-15-8-12(16)7-14-3/h8-11,13-14H,4-7H2,1-3H3. The van der Waals surface area contributed by atoms with E-state index in [-0.39, 0.29) is 0 Å². The second kappa shape index (κ2) is 5.00. The highest BCUT2D eigenvalue weighted by molar-refractivity contribution is 5.01. The second-order valence-electron chi connectivity index (χ2n) is 5.16. The molecule has 1 heterocycles. The largest absolute Gasteiger partial charge is 0.330 e. The normalized spacial score (nSPS) is 30.6. The lowest BCUT2D eigenvalue weighted by molar-refractivity contribution is 0.183. The van der Waals surface area contributed by atoms with Gasteiger partial charge in [0.05, 0.1) is 12.0 Å².